The van der Waals surface area contributed by atoms with Crippen LogP contribution in [0.2, 0.25) is 0 Å². The Labute approximate surface area is 98.9 Å². The first-order chi connectivity index (χ1) is 3.91. The summed E-state index contributed by atoms with van der Waals surface area (Å²) in [6.07, 6.45) is 0. The van der Waals surface area contributed by atoms with Crippen molar-refractivity contribution in [2.24, 2.45) is 0 Å². The second-order valence-electron chi connectivity index (χ2n) is 1.25. The summed E-state index contributed by atoms with van der Waals surface area (Å²) >= 11 is 0. The van der Waals surface area contributed by atoms with E-state index in [0.717, 1.165) is 0 Å². The third-order valence-electron chi connectivity index (χ3n) is 0.556. The van der Waals surface area contributed by atoms with Crippen LogP contribution in [0, 0.1) is 36.8 Å². The molecule has 0 bridgehead atoms. The molecule has 80 valence electrons. The fourth-order valence-corrected chi connectivity index (χ4v) is 0.321. The molecule has 0 N–H and O–H groups in total. The van der Waals surface area contributed by atoms with Crippen molar-refractivity contribution in [3.63, 3.8) is 0 Å². The second kappa shape index (κ2) is 40.5. The van der Waals surface area contributed by atoms with Gasteiger partial charge < -0.3 is 34.4 Å². The first-order valence-corrected chi connectivity index (χ1v) is 2.36. The number of rotatable bonds is 0. The Morgan fingerprint density at radius 3 is 1.31 bits per heavy atom. The molecule has 0 spiro atoms. The summed E-state index contributed by atoms with van der Waals surface area (Å²) in [6, 6.07) is 10.0. The molecular weight excluding hydrogens is 338 g/mol. The number of methoxy groups -OCH3 is 1. The molecule has 0 aliphatic carbocycles. The Balaban J connectivity index is -0.0000000144. The summed E-state index contributed by atoms with van der Waals surface area (Å²) in [5, 5.41) is 0. The predicted octanol–water partition coefficient (Wildman–Crippen LogP) is 3.63. The van der Waals surface area contributed by atoms with Crippen molar-refractivity contribution in [3.8, 4) is 0 Å². The predicted molar refractivity (Wildman–Crippen MR) is 60.1 cm³/mol. The van der Waals surface area contributed by atoms with Gasteiger partial charge in [-0.1, -0.05) is 0 Å². The molecule has 1 nitrogen and oxygen atoms in total. The number of hydrogen-bond donors (Lipinski definition) is 0. The smallest absolute Gasteiger partial charge is 0.557 e. The van der Waals surface area contributed by atoms with E-state index < -0.39 is 0 Å². The molecule has 0 amide bonds. The van der Waals surface area contributed by atoms with Gasteiger partial charge in [-0.25, -0.2) is 19.2 Å². The van der Waals surface area contributed by atoms with Gasteiger partial charge in [-0.05, 0) is 7.11 Å². The van der Waals surface area contributed by atoms with E-state index in [4.69, 9.17) is 0 Å². The molecule has 0 saturated carbocycles. The molecular formula is C11H22OOs. The van der Waals surface area contributed by atoms with Gasteiger partial charge in [0.1, 0.15) is 0 Å². The van der Waals surface area contributed by atoms with Crippen molar-refractivity contribution >= 4 is 0 Å². The monoisotopic (exact) mass is 362 g/mol. The average Bonchev–Trinajstić information content (AvgIpc) is 2.17. The minimum absolute atomic E-state index is 0. The third kappa shape index (κ3) is 48.3. The maximum Gasteiger partial charge on any atom is 6.00 e. The molecule has 0 fully saturated rings. The Kier molecular flexibility index (Phi) is 119. The summed E-state index contributed by atoms with van der Waals surface area (Å²) in [6.45, 7) is 0. The molecule has 13 heavy (non-hydrogen) atoms. The van der Waals surface area contributed by atoms with Gasteiger partial charge in [-0.2, -0.15) is 18.2 Å². The topological polar surface area (TPSA) is 9.23 Å². The summed E-state index contributed by atoms with van der Waals surface area (Å²) in [5.74, 6) is 0. The standard InChI is InChI=1S/C5H5.C2H5O.4CH3.Os/c1-2-4-5-3-1;1-3-2;;;;;/h1-5H;1H2,2H3;4*1H3;/q6*-1;+6. The fourth-order valence-electron chi connectivity index (χ4n) is 0.321. The molecule has 0 aromatic heterocycles. The third-order valence-corrected chi connectivity index (χ3v) is 0.556. The minimum Gasteiger partial charge on any atom is -0.557 e. The van der Waals surface area contributed by atoms with Crippen LogP contribution < -0.4 is 0 Å². The maximum atomic E-state index is 4.00. The van der Waals surface area contributed by atoms with Crippen LogP contribution in [0.25, 0.3) is 0 Å². The Bertz CT molecular complexity index is 77.0. The van der Waals surface area contributed by atoms with Crippen LogP contribution in [0.15, 0.2) is 30.3 Å². The Morgan fingerprint density at radius 2 is 1.23 bits per heavy atom. The van der Waals surface area contributed by atoms with Crippen LogP contribution in [0.3, 0.4) is 0 Å². The molecule has 1 aromatic rings. The Hall–Kier alpha value is -0.0536. The molecule has 0 radical (unpaired) electrons. The van der Waals surface area contributed by atoms with Gasteiger partial charge in [0.2, 0.25) is 0 Å². The molecule has 0 aliphatic heterocycles. The van der Waals surface area contributed by atoms with Gasteiger partial charge in [-0.3, -0.25) is 0 Å². The van der Waals surface area contributed by atoms with Gasteiger partial charge in [0.25, 0.3) is 0 Å². The normalized spacial score (nSPS) is 4.46. The number of ether oxygens (including phenoxy) is 1. The molecule has 2 heteroatoms. The van der Waals surface area contributed by atoms with Gasteiger partial charge in [0, 0.05) is 0 Å². The van der Waals surface area contributed by atoms with E-state index in [1.54, 1.807) is 0 Å². The van der Waals surface area contributed by atoms with Gasteiger partial charge >= 0.3 is 19.8 Å². The van der Waals surface area contributed by atoms with Crippen LogP contribution in [0.1, 0.15) is 0 Å². The van der Waals surface area contributed by atoms with Crippen molar-refractivity contribution in [2.75, 3.05) is 7.11 Å². The first kappa shape index (κ1) is 38.3. The van der Waals surface area contributed by atoms with E-state index in [-0.39, 0.29) is 49.5 Å². The molecule has 0 unspecified atom stereocenters. The van der Waals surface area contributed by atoms with Gasteiger partial charge in [-0.15, -0.1) is 0 Å². The van der Waals surface area contributed by atoms with E-state index in [0.29, 0.717) is 0 Å². The van der Waals surface area contributed by atoms with E-state index >= 15 is 0 Å². The largest absolute Gasteiger partial charge is 6.00 e. The molecule has 0 aliphatic rings. The van der Waals surface area contributed by atoms with Gasteiger partial charge in [0.15, 0.2) is 0 Å². The van der Waals surface area contributed by atoms with Crippen molar-refractivity contribution < 1.29 is 24.5 Å². The Morgan fingerprint density at radius 1 is 1.00 bits per heavy atom. The maximum absolute atomic E-state index is 4.00. The average molecular weight is 361 g/mol. The molecule has 0 heterocycles. The zero-order valence-electron chi connectivity index (χ0n) is 9.36. The van der Waals surface area contributed by atoms with Crippen LogP contribution in [-0.4, -0.2) is 7.11 Å². The quantitative estimate of drug-likeness (QED) is 0.642. The molecule has 1 rings (SSSR count). The van der Waals surface area contributed by atoms with E-state index in [9.17, 15) is 0 Å². The van der Waals surface area contributed by atoms with E-state index in [1.165, 1.54) is 7.11 Å². The summed E-state index contributed by atoms with van der Waals surface area (Å²) in [4.78, 5) is 0. The summed E-state index contributed by atoms with van der Waals surface area (Å²) in [7, 11) is 4.50. The fraction of sp³-hybridized carbons (Fsp3) is 0.0909. The zero-order chi connectivity index (χ0) is 6.24. The first-order valence-electron chi connectivity index (χ1n) is 2.36. The van der Waals surface area contributed by atoms with Crippen molar-refractivity contribution in [1.82, 2.24) is 0 Å². The summed E-state index contributed by atoms with van der Waals surface area (Å²) in [5.41, 5.74) is 0. The van der Waals surface area contributed by atoms with Crippen LogP contribution in [0.5, 0.6) is 0 Å². The molecule has 0 saturated heterocycles. The molecule has 1 aromatic carbocycles. The second-order valence-corrected chi connectivity index (χ2v) is 1.25. The van der Waals surface area contributed by atoms with E-state index in [1.807, 2.05) is 30.3 Å². The van der Waals surface area contributed by atoms with Crippen LogP contribution in [0.4, 0.5) is 0 Å². The van der Waals surface area contributed by atoms with Crippen LogP contribution >= 0.6 is 0 Å². The van der Waals surface area contributed by atoms with E-state index in [2.05, 4.69) is 11.8 Å². The van der Waals surface area contributed by atoms with Gasteiger partial charge in [0.05, 0.1) is 0 Å². The number of hydrogen-bond acceptors (Lipinski definition) is 1. The van der Waals surface area contributed by atoms with Crippen molar-refractivity contribution in [3.05, 3.63) is 67.1 Å². The molecule has 0 atom stereocenters. The van der Waals surface area contributed by atoms with Crippen molar-refractivity contribution in [2.45, 2.75) is 0 Å². The minimum atomic E-state index is 0. The summed E-state index contributed by atoms with van der Waals surface area (Å²) < 4.78 is 4.00. The SMILES string of the molecule is [CH2-]OC.[CH3-].[CH3-].[CH3-].[CH3-].[Os+6].c1cc[cH-]c1. The van der Waals surface area contributed by atoms with Crippen LogP contribution in [-0.2, 0) is 24.5 Å². The van der Waals surface area contributed by atoms with Crippen molar-refractivity contribution in [1.29, 1.82) is 0 Å². The zero-order valence-corrected chi connectivity index (χ0v) is 11.9.